The van der Waals surface area contributed by atoms with Crippen LogP contribution in [0.15, 0.2) is 30.3 Å². The van der Waals surface area contributed by atoms with Crippen LogP contribution in [0.4, 0.5) is 13.2 Å². The lowest BCUT2D eigenvalue weighted by atomic mass is 10.1. The van der Waals surface area contributed by atoms with Crippen molar-refractivity contribution in [3.8, 4) is 0 Å². The summed E-state index contributed by atoms with van der Waals surface area (Å²) in [5.74, 6) is -0.436. The molecule has 0 bridgehead atoms. The Morgan fingerprint density at radius 3 is 2.63 bits per heavy atom. The van der Waals surface area contributed by atoms with Gasteiger partial charge in [0.25, 0.3) is 0 Å². The molecule has 2 rings (SSSR count). The fraction of sp³-hybridized carbons (Fsp3) is 0.231. The number of aromatic nitrogens is 1. The first-order valence-electron chi connectivity index (χ1n) is 5.46. The smallest absolute Gasteiger partial charge is 0.416 e. The highest BCUT2D eigenvalue weighted by Gasteiger charge is 2.30. The van der Waals surface area contributed by atoms with E-state index in [0.29, 0.717) is 16.6 Å². The molecular weight excluding hydrogens is 259 g/mol. The highest BCUT2D eigenvalue weighted by atomic mass is 19.4. The highest BCUT2D eigenvalue weighted by molar-refractivity contribution is 5.79. The molecule has 0 saturated carbocycles. The van der Waals surface area contributed by atoms with E-state index in [1.54, 1.807) is 0 Å². The lowest BCUT2D eigenvalue weighted by Gasteiger charge is -2.08. The van der Waals surface area contributed by atoms with Gasteiger partial charge in [0.05, 0.1) is 16.8 Å². The third-order valence-corrected chi connectivity index (χ3v) is 2.50. The number of carbonyl (C=O) groups is 1. The maximum atomic E-state index is 12.5. The van der Waals surface area contributed by atoms with Crippen molar-refractivity contribution in [1.82, 2.24) is 4.98 Å². The number of alkyl halides is 3. The van der Waals surface area contributed by atoms with Gasteiger partial charge in [0.1, 0.15) is 6.61 Å². The summed E-state index contributed by atoms with van der Waals surface area (Å²) in [6.07, 6.45) is -4.37. The van der Waals surface area contributed by atoms with E-state index in [0.717, 1.165) is 12.1 Å². The number of halogens is 3. The van der Waals surface area contributed by atoms with E-state index < -0.39 is 17.7 Å². The molecule has 100 valence electrons. The largest absolute Gasteiger partial charge is 0.459 e. The van der Waals surface area contributed by atoms with Gasteiger partial charge in [0.2, 0.25) is 0 Å². The number of hydrogen-bond donors (Lipinski definition) is 0. The lowest BCUT2D eigenvalue weighted by Crippen LogP contribution is -2.05. The number of nitrogens with zero attached hydrogens (tertiary/aromatic N) is 1. The molecule has 0 unspecified atom stereocenters. The predicted octanol–water partition coefficient (Wildman–Crippen LogP) is 3.32. The van der Waals surface area contributed by atoms with E-state index >= 15 is 0 Å². The van der Waals surface area contributed by atoms with Gasteiger partial charge in [-0.15, -0.1) is 0 Å². The van der Waals surface area contributed by atoms with Crippen LogP contribution in [-0.4, -0.2) is 11.0 Å². The molecule has 1 aromatic heterocycles. The Morgan fingerprint density at radius 1 is 1.26 bits per heavy atom. The van der Waals surface area contributed by atoms with Crippen molar-refractivity contribution in [2.45, 2.75) is 19.7 Å². The summed E-state index contributed by atoms with van der Waals surface area (Å²) in [5.41, 5.74) is 0.203. The molecule has 19 heavy (non-hydrogen) atoms. The minimum atomic E-state index is -4.37. The van der Waals surface area contributed by atoms with Crippen molar-refractivity contribution in [3.63, 3.8) is 0 Å². The molecule has 0 aliphatic heterocycles. The molecule has 0 aliphatic rings. The Kier molecular flexibility index (Phi) is 3.42. The lowest BCUT2D eigenvalue weighted by molar-refractivity contribution is -0.142. The molecule has 0 amide bonds. The Bertz CT molecular complexity index is 623. The predicted molar refractivity (Wildman–Crippen MR) is 62.2 cm³/mol. The number of benzene rings is 1. The van der Waals surface area contributed by atoms with Gasteiger partial charge in [0.15, 0.2) is 0 Å². The van der Waals surface area contributed by atoms with Crippen LogP contribution in [0.2, 0.25) is 0 Å². The monoisotopic (exact) mass is 269 g/mol. The zero-order valence-electron chi connectivity index (χ0n) is 9.99. The Balaban J connectivity index is 2.32. The minimum absolute atomic E-state index is 0.00625. The van der Waals surface area contributed by atoms with E-state index in [4.69, 9.17) is 4.74 Å². The molecule has 0 saturated heterocycles. The van der Waals surface area contributed by atoms with Gasteiger partial charge in [-0.1, -0.05) is 6.07 Å². The van der Waals surface area contributed by atoms with Crippen molar-refractivity contribution in [1.29, 1.82) is 0 Å². The van der Waals surface area contributed by atoms with Crippen molar-refractivity contribution in [2.24, 2.45) is 0 Å². The summed E-state index contributed by atoms with van der Waals surface area (Å²) < 4.78 is 42.4. The van der Waals surface area contributed by atoms with Gasteiger partial charge < -0.3 is 4.74 Å². The van der Waals surface area contributed by atoms with E-state index in [1.807, 2.05) is 0 Å². The zero-order valence-corrected chi connectivity index (χ0v) is 9.99. The zero-order chi connectivity index (χ0) is 14.0. The second kappa shape index (κ2) is 4.87. The number of carbonyl (C=O) groups excluding carboxylic acids is 1. The molecule has 0 aliphatic carbocycles. The third kappa shape index (κ3) is 3.21. The fourth-order valence-electron chi connectivity index (χ4n) is 1.60. The van der Waals surface area contributed by atoms with Crippen LogP contribution in [-0.2, 0) is 22.3 Å². The first-order chi connectivity index (χ1) is 8.86. The van der Waals surface area contributed by atoms with Crippen molar-refractivity contribution in [3.05, 3.63) is 41.6 Å². The Hall–Kier alpha value is -2.11. The first-order valence-corrected chi connectivity index (χ1v) is 5.46. The molecule has 2 aromatic rings. The maximum Gasteiger partial charge on any atom is 0.416 e. The standard InChI is InChI=1S/C13H10F3NO2/c1-8(18)19-7-11-4-2-9-6-10(13(14,15)16)3-5-12(9)17-11/h2-6H,7H2,1H3. The third-order valence-electron chi connectivity index (χ3n) is 2.50. The van der Waals surface area contributed by atoms with Gasteiger partial charge >= 0.3 is 12.1 Å². The number of ether oxygens (including phenoxy) is 1. The molecule has 3 nitrogen and oxygen atoms in total. The van der Waals surface area contributed by atoms with Crippen molar-refractivity contribution < 1.29 is 22.7 Å². The maximum absolute atomic E-state index is 12.5. The van der Waals surface area contributed by atoms with E-state index in [-0.39, 0.29) is 6.61 Å². The normalized spacial score (nSPS) is 11.6. The van der Waals surface area contributed by atoms with E-state index in [9.17, 15) is 18.0 Å². The molecular formula is C13H10F3NO2. The van der Waals surface area contributed by atoms with E-state index in [2.05, 4.69) is 4.98 Å². The molecule has 0 N–H and O–H groups in total. The Labute approximate surface area is 107 Å². The summed E-state index contributed by atoms with van der Waals surface area (Å²) in [6, 6.07) is 6.38. The number of hydrogen-bond acceptors (Lipinski definition) is 3. The van der Waals surface area contributed by atoms with Crippen molar-refractivity contribution in [2.75, 3.05) is 0 Å². The molecule has 6 heteroatoms. The molecule has 1 heterocycles. The average Bonchev–Trinajstić information content (AvgIpc) is 2.34. The summed E-state index contributed by atoms with van der Waals surface area (Å²) >= 11 is 0. The highest BCUT2D eigenvalue weighted by Crippen LogP contribution is 2.31. The van der Waals surface area contributed by atoms with Gasteiger partial charge in [-0.25, -0.2) is 4.98 Å². The number of fused-ring (bicyclic) bond motifs is 1. The average molecular weight is 269 g/mol. The molecule has 1 aromatic carbocycles. The SMILES string of the molecule is CC(=O)OCc1ccc2cc(C(F)(F)F)ccc2n1. The minimum Gasteiger partial charge on any atom is -0.459 e. The van der Waals surface area contributed by atoms with Crippen LogP contribution >= 0.6 is 0 Å². The topological polar surface area (TPSA) is 39.2 Å². The van der Waals surface area contributed by atoms with Gasteiger partial charge in [-0.3, -0.25) is 4.79 Å². The summed E-state index contributed by atoms with van der Waals surface area (Å²) in [7, 11) is 0. The van der Waals surface area contributed by atoms with Gasteiger partial charge in [0, 0.05) is 12.3 Å². The number of esters is 1. The van der Waals surface area contributed by atoms with Crippen LogP contribution in [0.5, 0.6) is 0 Å². The Morgan fingerprint density at radius 2 is 2.00 bits per heavy atom. The van der Waals surface area contributed by atoms with Crippen molar-refractivity contribution >= 4 is 16.9 Å². The second-order valence-corrected chi connectivity index (χ2v) is 3.99. The number of rotatable bonds is 2. The summed E-state index contributed by atoms with van der Waals surface area (Å²) in [5, 5.41) is 0.390. The molecule has 0 radical (unpaired) electrons. The van der Waals surface area contributed by atoms with E-state index in [1.165, 1.54) is 25.1 Å². The van der Waals surface area contributed by atoms with Gasteiger partial charge in [-0.05, 0) is 24.3 Å². The molecule has 0 spiro atoms. The van der Waals surface area contributed by atoms with Crippen LogP contribution in [0.25, 0.3) is 10.9 Å². The molecule has 0 atom stereocenters. The molecule has 0 fully saturated rings. The summed E-state index contributed by atoms with van der Waals surface area (Å²) in [4.78, 5) is 14.8. The van der Waals surface area contributed by atoms with Crippen LogP contribution in [0.1, 0.15) is 18.2 Å². The first kappa shape index (κ1) is 13.3. The van der Waals surface area contributed by atoms with Crippen LogP contribution < -0.4 is 0 Å². The quantitative estimate of drug-likeness (QED) is 0.785. The van der Waals surface area contributed by atoms with Crippen LogP contribution in [0, 0.1) is 0 Å². The fourth-order valence-corrected chi connectivity index (χ4v) is 1.60. The second-order valence-electron chi connectivity index (χ2n) is 3.99. The number of pyridine rings is 1. The van der Waals surface area contributed by atoms with Gasteiger partial charge in [-0.2, -0.15) is 13.2 Å². The van der Waals surface area contributed by atoms with Crippen LogP contribution in [0.3, 0.4) is 0 Å². The summed E-state index contributed by atoms with van der Waals surface area (Å²) in [6.45, 7) is 1.28.